The summed E-state index contributed by atoms with van der Waals surface area (Å²) in [6, 6.07) is 0.298. The van der Waals surface area contributed by atoms with Crippen LogP contribution in [0.15, 0.2) is 0 Å². The largest absolute Gasteiger partial charge is 0.308 e. The molecular formula is C14H24ClN5. The number of nitrogens with zero attached hydrogens (tertiary/aromatic N) is 5. The molecule has 5 nitrogen and oxygen atoms in total. The lowest BCUT2D eigenvalue weighted by Gasteiger charge is -2.22. The first-order valence-corrected chi connectivity index (χ1v) is 7.52. The van der Waals surface area contributed by atoms with Crippen LogP contribution in [-0.4, -0.2) is 44.9 Å². The van der Waals surface area contributed by atoms with Crippen molar-refractivity contribution in [2.24, 2.45) is 7.05 Å². The molecule has 0 fully saturated rings. The van der Waals surface area contributed by atoms with Gasteiger partial charge in [0.05, 0.1) is 11.1 Å². The van der Waals surface area contributed by atoms with Crippen molar-refractivity contribution in [3.63, 3.8) is 0 Å². The smallest absolute Gasteiger partial charge is 0.159 e. The fraction of sp³-hybridized carbons (Fsp3) is 0.714. The van der Waals surface area contributed by atoms with E-state index in [1.165, 1.54) is 0 Å². The molecule has 2 aromatic rings. The normalized spacial score (nSPS) is 15.2. The van der Waals surface area contributed by atoms with Crippen LogP contribution in [0.2, 0.25) is 0 Å². The van der Waals surface area contributed by atoms with Crippen LogP contribution in [0.25, 0.3) is 11.2 Å². The van der Waals surface area contributed by atoms with Crippen molar-refractivity contribution in [3.8, 4) is 0 Å². The van der Waals surface area contributed by atoms with Gasteiger partial charge in [-0.3, -0.25) is 4.68 Å². The lowest BCUT2D eigenvalue weighted by Crippen LogP contribution is -2.24. The minimum Gasteiger partial charge on any atom is -0.308 e. The molecule has 0 aliphatic carbocycles. The summed E-state index contributed by atoms with van der Waals surface area (Å²) < 4.78 is 4.16. The topological polar surface area (TPSA) is 38.9 Å². The van der Waals surface area contributed by atoms with E-state index in [9.17, 15) is 0 Å². The molecule has 0 aliphatic heterocycles. The van der Waals surface area contributed by atoms with Gasteiger partial charge >= 0.3 is 0 Å². The van der Waals surface area contributed by atoms with E-state index in [1.54, 1.807) is 0 Å². The summed E-state index contributed by atoms with van der Waals surface area (Å²) in [5.41, 5.74) is 3.10. The third kappa shape index (κ3) is 2.56. The van der Waals surface area contributed by atoms with Gasteiger partial charge in [-0.25, -0.2) is 4.98 Å². The molecule has 2 rings (SSSR count). The van der Waals surface area contributed by atoms with Crippen LogP contribution in [0.5, 0.6) is 0 Å². The summed E-state index contributed by atoms with van der Waals surface area (Å²) in [6.45, 7) is 7.21. The number of fused-ring (bicyclic) bond motifs is 1. The Kier molecular flexibility index (Phi) is 4.39. The van der Waals surface area contributed by atoms with Gasteiger partial charge in [-0.2, -0.15) is 5.10 Å². The zero-order valence-corrected chi connectivity index (χ0v) is 13.9. The Balaban J connectivity index is 2.65. The standard InChI is InChI=1S/C14H24ClN5/c1-7-11-12-14(19(6)17-11)20(9(2)8-18(4)5)13(16-12)10(3)15/h9-10H,7-8H2,1-6H3. The molecule has 0 bridgehead atoms. The Morgan fingerprint density at radius 2 is 1.95 bits per heavy atom. The maximum atomic E-state index is 6.34. The van der Waals surface area contributed by atoms with Gasteiger partial charge in [0.15, 0.2) is 5.65 Å². The third-order valence-electron chi connectivity index (χ3n) is 3.52. The van der Waals surface area contributed by atoms with E-state index in [-0.39, 0.29) is 5.38 Å². The Morgan fingerprint density at radius 3 is 2.45 bits per heavy atom. The highest BCUT2D eigenvalue weighted by atomic mass is 35.5. The van der Waals surface area contributed by atoms with Gasteiger partial charge in [0, 0.05) is 19.6 Å². The minimum absolute atomic E-state index is 0.114. The van der Waals surface area contributed by atoms with Crippen molar-refractivity contribution in [1.29, 1.82) is 0 Å². The lowest BCUT2D eigenvalue weighted by molar-refractivity contribution is 0.334. The molecule has 0 N–H and O–H groups in total. The molecule has 0 spiro atoms. The van der Waals surface area contributed by atoms with Crippen molar-refractivity contribution in [2.75, 3.05) is 20.6 Å². The van der Waals surface area contributed by atoms with E-state index < -0.39 is 0 Å². The molecule has 6 heteroatoms. The molecule has 2 heterocycles. The van der Waals surface area contributed by atoms with E-state index in [0.29, 0.717) is 6.04 Å². The average molecular weight is 298 g/mol. The van der Waals surface area contributed by atoms with Crippen molar-refractivity contribution in [1.82, 2.24) is 24.2 Å². The summed E-state index contributed by atoms with van der Waals surface area (Å²) >= 11 is 6.34. The van der Waals surface area contributed by atoms with Crippen molar-refractivity contribution in [2.45, 2.75) is 38.6 Å². The average Bonchev–Trinajstić information content (AvgIpc) is 2.86. The fourth-order valence-corrected chi connectivity index (χ4v) is 2.94. The molecule has 0 aromatic carbocycles. The zero-order chi connectivity index (χ0) is 15.0. The minimum atomic E-state index is -0.114. The third-order valence-corrected chi connectivity index (χ3v) is 3.72. The number of aryl methyl sites for hydroxylation is 2. The van der Waals surface area contributed by atoms with Crippen molar-refractivity contribution < 1.29 is 0 Å². The van der Waals surface area contributed by atoms with Gasteiger partial charge in [0.2, 0.25) is 0 Å². The second-order valence-electron chi connectivity index (χ2n) is 5.66. The summed E-state index contributed by atoms with van der Waals surface area (Å²) in [6.07, 6.45) is 0.881. The SMILES string of the molecule is CCc1nn(C)c2c1nc(C(C)Cl)n2C(C)CN(C)C. The van der Waals surface area contributed by atoms with Crippen molar-refractivity contribution in [3.05, 3.63) is 11.5 Å². The number of hydrogen-bond donors (Lipinski definition) is 0. The van der Waals surface area contributed by atoms with Crippen molar-refractivity contribution >= 4 is 22.8 Å². The number of likely N-dealkylation sites (N-methyl/N-ethyl adjacent to an activating group) is 1. The van der Waals surface area contributed by atoms with E-state index in [4.69, 9.17) is 16.6 Å². The van der Waals surface area contributed by atoms with Gasteiger partial charge in [0.1, 0.15) is 11.3 Å². The predicted octanol–water partition coefficient (Wildman–Crippen LogP) is 2.75. The maximum absolute atomic E-state index is 6.34. The van der Waals surface area contributed by atoms with E-state index in [1.807, 2.05) is 18.7 Å². The van der Waals surface area contributed by atoms with Crippen LogP contribution in [0.4, 0.5) is 0 Å². The Morgan fingerprint density at radius 1 is 1.30 bits per heavy atom. The lowest BCUT2D eigenvalue weighted by atomic mass is 10.3. The predicted molar refractivity (Wildman–Crippen MR) is 83.4 cm³/mol. The van der Waals surface area contributed by atoms with E-state index in [0.717, 1.165) is 35.6 Å². The van der Waals surface area contributed by atoms with E-state index >= 15 is 0 Å². The van der Waals surface area contributed by atoms with Gasteiger partial charge < -0.3 is 9.47 Å². The summed E-state index contributed by atoms with van der Waals surface area (Å²) in [7, 11) is 6.13. The van der Waals surface area contributed by atoms with Crippen LogP contribution in [0, 0.1) is 0 Å². The van der Waals surface area contributed by atoms with Gasteiger partial charge in [-0.05, 0) is 34.4 Å². The maximum Gasteiger partial charge on any atom is 0.159 e. The first-order chi connectivity index (χ1) is 9.36. The summed E-state index contributed by atoms with van der Waals surface area (Å²) in [5.74, 6) is 0.929. The molecule has 20 heavy (non-hydrogen) atoms. The molecule has 0 radical (unpaired) electrons. The van der Waals surface area contributed by atoms with Gasteiger partial charge in [-0.1, -0.05) is 6.92 Å². The molecule has 0 amide bonds. The van der Waals surface area contributed by atoms with Crippen LogP contribution < -0.4 is 0 Å². The van der Waals surface area contributed by atoms with Gasteiger partial charge in [0.25, 0.3) is 0 Å². The molecule has 0 saturated carbocycles. The number of rotatable bonds is 5. The molecule has 2 aromatic heterocycles. The zero-order valence-electron chi connectivity index (χ0n) is 13.2. The number of halogens is 1. The Labute approximate surface area is 125 Å². The van der Waals surface area contributed by atoms with Crippen LogP contribution >= 0.6 is 11.6 Å². The first kappa shape index (κ1) is 15.3. The number of alkyl halides is 1. The molecule has 0 saturated heterocycles. The van der Waals surface area contributed by atoms with Gasteiger partial charge in [-0.15, -0.1) is 11.6 Å². The Hall–Kier alpha value is -1.07. The quantitative estimate of drug-likeness (QED) is 0.797. The van der Waals surface area contributed by atoms with E-state index in [2.05, 4.69) is 42.5 Å². The molecular weight excluding hydrogens is 274 g/mol. The summed E-state index contributed by atoms with van der Waals surface area (Å²) in [4.78, 5) is 6.94. The Bertz CT molecular complexity index is 596. The highest BCUT2D eigenvalue weighted by Gasteiger charge is 2.24. The van der Waals surface area contributed by atoms with Crippen LogP contribution in [0.3, 0.4) is 0 Å². The number of hydrogen-bond acceptors (Lipinski definition) is 3. The molecule has 112 valence electrons. The monoisotopic (exact) mass is 297 g/mol. The number of imidazole rings is 1. The number of aromatic nitrogens is 4. The second kappa shape index (κ2) is 5.74. The first-order valence-electron chi connectivity index (χ1n) is 7.09. The van der Waals surface area contributed by atoms with Crippen LogP contribution in [0.1, 0.15) is 43.7 Å². The highest BCUT2D eigenvalue weighted by molar-refractivity contribution is 6.20. The molecule has 2 atom stereocenters. The molecule has 2 unspecified atom stereocenters. The highest BCUT2D eigenvalue weighted by Crippen LogP contribution is 2.29. The fourth-order valence-electron chi connectivity index (χ4n) is 2.78. The summed E-state index contributed by atoms with van der Waals surface area (Å²) in [5, 5.41) is 4.45. The molecule has 0 aliphatic rings. The second-order valence-corrected chi connectivity index (χ2v) is 6.32. The van der Waals surface area contributed by atoms with Crippen LogP contribution in [-0.2, 0) is 13.5 Å².